The number of nitrogens with one attached hydrogen (secondary N) is 1. The minimum Gasteiger partial charge on any atom is -0.419 e. The van der Waals surface area contributed by atoms with Crippen molar-refractivity contribution in [3.63, 3.8) is 0 Å². The Balaban J connectivity index is 1.49. The van der Waals surface area contributed by atoms with Crippen molar-refractivity contribution >= 4 is 22.9 Å². The molecule has 0 aliphatic heterocycles. The lowest BCUT2D eigenvalue weighted by atomic mass is 10.1. The van der Waals surface area contributed by atoms with Crippen molar-refractivity contribution in [3.05, 3.63) is 59.8 Å². The molecule has 0 fully saturated rings. The fourth-order valence-corrected chi connectivity index (χ4v) is 3.92. The molecule has 0 unspecified atom stereocenters. The third kappa shape index (κ3) is 5.66. The van der Waals surface area contributed by atoms with E-state index in [0.717, 1.165) is 23.4 Å². The molecule has 178 valence electrons. The molecule has 34 heavy (non-hydrogen) atoms. The number of hydrogen-bond acceptors (Lipinski definition) is 8. The molecular weight excluding hydrogens is 471 g/mol. The average molecular weight is 491 g/mol. The molecule has 0 radical (unpaired) electrons. The van der Waals surface area contributed by atoms with Crippen LogP contribution in [0.1, 0.15) is 24.8 Å². The Morgan fingerprint density at radius 2 is 2.12 bits per heavy atom. The van der Waals surface area contributed by atoms with Crippen molar-refractivity contribution < 1.29 is 22.4 Å². The van der Waals surface area contributed by atoms with E-state index in [9.17, 15) is 18.0 Å². The number of aromatic nitrogens is 5. The van der Waals surface area contributed by atoms with Crippen LogP contribution in [0.4, 0.5) is 18.9 Å². The number of alkyl halides is 3. The molecule has 3 heterocycles. The van der Waals surface area contributed by atoms with Gasteiger partial charge < -0.3 is 9.73 Å². The fraction of sp³-hybridized carbons (Fsp3) is 0.286. The van der Waals surface area contributed by atoms with Crippen molar-refractivity contribution in [3.8, 4) is 16.5 Å². The molecule has 0 aliphatic carbocycles. The average Bonchev–Trinajstić information content (AvgIpc) is 3.55. The molecule has 0 bridgehead atoms. The third-order valence-electron chi connectivity index (χ3n) is 4.73. The van der Waals surface area contributed by atoms with E-state index in [1.807, 2.05) is 24.4 Å². The summed E-state index contributed by atoms with van der Waals surface area (Å²) >= 11 is 1.47. The third-order valence-corrected chi connectivity index (χ3v) is 5.59. The summed E-state index contributed by atoms with van der Waals surface area (Å²) in [6.45, 7) is 2.63. The van der Waals surface area contributed by atoms with Crippen LogP contribution >= 0.6 is 11.3 Å². The summed E-state index contributed by atoms with van der Waals surface area (Å²) in [5.74, 6) is 0.242. The van der Waals surface area contributed by atoms with Crippen molar-refractivity contribution in [2.75, 3.05) is 18.4 Å². The van der Waals surface area contributed by atoms with Crippen LogP contribution in [0.15, 0.2) is 52.8 Å². The highest BCUT2D eigenvalue weighted by atomic mass is 32.1. The normalized spacial score (nSPS) is 11.8. The predicted octanol–water partition coefficient (Wildman–Crippen LogP) is 4.25. The van der Waals surface area contributed by atoms with Gasteiger partial charge in [0, 0.05) is 0 Å². The van der Waals surface area contributed by atoms with Crippen LogP contribution in [0, 0.1) is 0 Å². The second kappa shape index (κ2) is 10.1. The summed E-state index contributed by atoms with van der Waals surface area (Å²) in [7, 11) is 0. The van der Waals surface area contributed by atoms with E-state index in [0.29, 0.717) is 18.3 Å². The first-order chi connectivity index (χ1) is 16.3. The number of hydrogen-bond donors (Lipinski definition) is 1. The van der Waals surface area contributed by atoms with Crippen LogP contribution in [-0.2, 0) is 17.5 Å². The van der Waals surface area contributed by atoms with Gasteiger partial charge in [-0.05, 0) is 42.6 Å². The zero-order chi connectivity index (χ0) is 24.1. The second-order valence-electron chi connectivity index (χ2n) is 7.31. The quantitative estimate of drug-likeness (QED) is 0.374. The predicted molar refractivity (Wildman–Crippen MR) is 118 cm³/mol. The van der Waals surface area contributed by atoms with Crippen LogP contribution in [0.5, 0.6) is 0 Å². The lowest BCUT2D eigenvalue weighted by molar-refractivity contribution is -0.137. The Labute approximate surface area is 196 Å². The number of halogens is 3. The first-order valence-electron chi connectivity index (χ1n) is 10.3. The number of carbonyl (C=O) groups excluding carboxylic acids is 1. The van der Waals surface area contributed by atoms with E-state index < -0.39 is 17.6 Å². The summed E-state index contributed by atoms with van der Waals surface area (Å²) in [4.78, 5) is 19.3. The highest BCUT2D eigenvalue weighted by Crippen LogP contribution is 2.33. The minimum absolute atomic E-state index is 0.0282. The highest BCUT2D eigenvalue weighted by molar-refractivity contribution is 7.13. The fourth-order valence-electron chi connectivity index (χ4n) is 3.28. The monoisotopic (exact) mass is 491 g/mol. The Kier molecular flexibility index (Phi) is 7.03. The van der Waals surface area contributed by atoms with Gasteiger partial charge in [0.15, 0.2) is 0 Å². The summed E-state index contributed by atoms with van der Waals surface area (Å²) < 4.78 is 46.8. The van der Waals surface area contributed by atoms with Crippen molar-refractivity contribution in [1.29, 1.82) is 0 Å². The molecular formula is C21H20F3N7O2S. The lowest BCUT2D eigenvalue weighted by Crippen LogP contribution is -2.34. The standard InChI is InChI=1S/C21H20F3N7O2S/c1-2-7-30(11-19-28-29-20(33-19)17-4-3-8-34-17)10-18(32)27-15-9-14(21(22,23)24)5-6-16(15)31-13-25-12-26-31/h3-6,8-9,12-13H,2,7,10-11H2,1H3,(H,27,32). The first kappa shape index (κ1) is 23.6. The van der Waals surface area contributed by atoms with Crippen LogP contribution in [0.2, 0.25) is 0 Å². The lowest BCUT2D eigenvalue weighted by Gasteiger charge is -2.20. The number of anilines is 1. The Morgan fingerprint density at radius 1 is 1.26 bits per heavy atom. The number of benzene rings is 1. The summed E-state index contributed by atoms with van der Waals surface area (Å²) in [5, 5.41) is 16.5. The number of nitrogens with zero attached hydrogens (tertiary/aromatic N) is 6. The van der Waals surface area contributed by atoms with Gasteiger partial charge in [-0.3, -0.25) is 9.69 Å². The van der Waals surface area contributed by atoms with Gasteiger partial charge in [-0.25, -0.2) is 9.67 Å². The zero-order valence-corrected chi connectivity index (χ0v) is 18.8. The van der Waals surface area contributed by atoms with Crippen molar-refractivity contribution in [2.45, 2.75) is 26.1 Å². The van der Waals surface area contributed by atoms with E-state index in [2.05, 4.69) is 25.6 Å². The van der Waals surface area contributed by atoms with Gasteiger partial charge in [0.25, 0.3) is 5.89 Å². The van der Waals surface area contributed by atoms with Gasteiger partial charge in [-0.2, -0.15) is 18.3 Å². The molecule has 4 rings (SSSR count). The van der Waals surface area contributed by atoms with Gasteiger partial charge in [-0.15, -0.1) is 21.5 Å². The largest absolute Gasteiger partial charge is 0.419 e. The minimum atomic E-state index is -4.56. The van der Waals surface area contributed by atoms with Crippen LogP contribution in [-0.4, -0.2) is 48.9 Å². The summed E-state index contributed by atoms with van der Waals surface area (Å²) in [5.41, 5.74) is -0.651. The van der Waals surface area contributed by atoms with Gasteiger partial charge in [-0.1, -0.05) is 13.0 Å². The number of rotatable bonds is 9. The molecule has 0 saturated carbocycles. The molecule has 4 aromatic rings. The molecule has 13 heteroatoms. The van der Waals surface area contributed by atoms with Crippen molar-refractivity contribution in [2.24, 2.45) is 0 Å². The number of amides is 1. The zero-order valence-electron chi connectivity index (χ0n) is 18.0. The van der Waals surface area contributed by atoms with Crippen LogP contribution in [0.3, 0.4) is 0 Å². The van der Waals surface area contributed by atoms with Gasteiger partial charge in [0.05, 0.1) is 34.9 Å². The molecule has 0 spiro atoms. The van der Waals surface area contributed by atoms with E-state index in [1.54, 1.807) is 4.90 Å². The van der Waals surface area contributed by atoms with Gasteiger partial charge in [0.2, 0.25) is 11.8 Å². The second-order valence-corrected chi connectivity index (χ2v) is 8.25. The Morgan fingerprint density at radius 3 is 2.79 bits per heavy atom. The molecule has 1 amide bonds. The first-order valence-corrected chi connectivity index (χ1v) is 11.2. The molecule has 0 aliphatic rings. The maximum atomic E-state index is 13.3. The van der Waals surface area contributed by atoms with E-state index in [1.165, 1.54) is 34.7 Å². The summed E-state index contributed by atoms with van der Waals surface area (Å²) in [6, 6.07) is 6.78. The highest BCUT2D eigenvalue weighted by Gasteiger charge is 2.31. The number of thiophene rings is 1. The smallest absolute Gasteiger partial charge is 0.416 e. The molecule has 1 aromatic carbocycles. The Hall–Kier alpha value is -3.58. The maximum absolute atomic E-state index is 13.3. The van der Waals surface area contributed by atoms with Gasteiger partial charge >= 0.3 is 6.18 Å². The van der Waals surface area contributed by atoms with Crippen molar-refractivity contribution in [1.82, 2.24) is 29.9 Å². The van der Waals surface area contributed by atoms with E-state index in [-0.39, 0.29) is 24.5 Å². The molecule has 1 N–H and O–H groups in total. The topological polar surface area (TPSA) is 102 Å². The molecule has 3 aromatic heterocycles. The van der Waals surface area contributed by atoms with Gasteiger partial charge in [0.1, 0.15) is 12.7 Å². The van der Waals surface area contributed by atoms with E-state index in [4.69, 9.17) is 4.42 Å². The number of carbonyl (C=O) groups is 1. The molecule has 9 nitrogen and oxygen atoms in total. The Bertz CT molecular complexity index is 1220. The molecule has 0 saturated heterocycles. The molecule has 0 atom stereocenters. The summed E-state index contributed by atoms with van der Waals surface area (Å²) in [6.07, 6.45) is -1.23. The maximum Gasteiger partial charge on any atom is 0.416 e. The van der Waals surface area contributed by atoms with Crippen LogP contribution in [0.25, 0.3) is 16.5 Å². The SMILES string of the molecule is CCCN(CC(=O)Nc1cc(C(F)(F)F)ccc1-n1cncn1)Cc1nnc(-c2cccs2)o1. The van der Waals surface area contributed by atoms with Crippen LogP contribution < -0.4 is 5.32 Å². The van der Waals surface area contributed by atoms with E-state index >= 15 is 0 Å².